The van der Waals surface area contributed by atoms with Crippen molar-refractivity contribution in [3.8, 4) is 0 Å². The monoisotopic (exact) mass is 291 g/mol. The molecule has 1 aromatic rings. The number of amides is 1. The number of rotatable bonds is 5. The minimum absolute atomic E-state index is 0.0819. The van der Waals surface area contributed by atoms with E-state index in [9.17, 15) is 4.79 Å². The van der Waals surface area contributed by atoms with Gasteiger partial charge in [-0.2, -0.15) is 0 Å². The highest BCUT2D eigenvalue weighted by atomic mass is 16.5. The fourth-order valence-corrected chi connectivity index (χ4v) is 3.32. The van der Waals surface area contributed by atoms with Crippen molar-refractivity contribution < 1.29 is 9.53 Å². The van der Waals surface area contributed by atoms with E-state index in [1.807, 2.05) is 12.1 Å². The predicted molar refractivity (Wildman–Crippen MR) is 83.3 cm³/mol. The summed E-state index contributed by atoms with van der Waals surface area (Å²) in [4.78, 5) is 11.4. The Morgan fingerprint density at radius 1 is 1.48 bits per heavy atom. The Balaban J connectivity index is 2.44. The van der Waals surface area contributed by atoms with Crippen molar-refractivity contribution >= 4 is 5.91 Å². The molecule has 1 aliphatic carbocycles. The highest BCUT2D eigenvalue weighted by Gasteiger charge is 2.42. The van der Waals surface area contributed by atoms with Gasteiger partial charge < -0.3 is 21.5 Å². The molecule has 0 aromatic heterocycles. The second-order valence-electron chi connectivity index (χ2n) is 6.16. The minimum Gasteiger partial charge on any atom is -0.379 e. The van der Waals surface area contributed by atoms with Crippen LogP contribution in [0.3, 0.4) is 0 Å². The maximum Gasteiger partial charge on any atom is 0.248 e. The van der Waals surface area contributed by atoms with Gasteiger partial charge in [-0.25, -0.2) is 0 Å². The van der Waals surface area contributed by atoms with Crippen molar-refractivity contribution in [3.63, 3.8) is 0 Å². The average Bonchev–Trinajstić information content (AvgIpc) is 2.45. The summed E-state index contributed by atoms with van der Waals surface area (Å²) in [6.07, 6.45) is 0.898. The third-order valence-corrected chi connectivity index (χ3v) is 4.47. The molecule has 5 heteroatoms. The lowest BCUT2D eigenvalue weighted by Gasteiger charge is -2.45. The molecule has 2 atom stereocenters. The number of ether oxygens (including phenoxy) is 1. The smallest absolute Gasteiger partial charge is 0.248 e. The van der Waals surface area contributed by atoms with Crippen molar-refractivity contribution in [2.24, 2.45) is 11.5 Å². The van der Waals surface area contributed by atoms with Gasteiger partial charge in [0.2, 0.25) is 5.91 Å². The standard InChI is InChI=1S/C16H25N3O2/c1-16(2)12-8-11(15(18)20)5-4-10(12)9-13(21-3)14(16)19-7-6-17/h4-5,8,13-14,19H,6-7,9,17H2,1-3H3,(H2,18,20)/t13-,14+/m1/s1. The van der Waals surface area contributed by atoms with Crippen molar-refractivity contribution in [2.75, 3.05) is 20.2 Å². The molecule has 21 heavy (non-hydrogen) atoms. The number of methoxy groups -OCH3 is 1. The fraction of sp³-hybridized carbons (Fsp3) is 0.562. The summed E-state index contributed by atoms with van der Waals surface area (Å²) >= 11 is 0. The molecule has 0 unspecified atom stereocenters. The number of hydrogen-bond acceptors (Lipinski definition) is 4. The van der Waals surface area contributed by atoms with Gasteiger partial charge in [0.1, 0.15) is 0 Å². The van der Waals surface area contributed by atoms with Gasteiger partial charge >= 0.3 is 0 Å². The molecule has 0 spiro atoms. The molecule has 1 aromatic carbocycles. The molecule has 1 amide bonds. The van der Waals surface area contributed by atoms with Crippen molar-refractivity contribution in [2.45, 2.75) is 37.8 Å². The molecule has 0 bridgehead atoms. The van der Waals surface area contributed by atoms with E-state index in [-0.39, 0.29) is 17.6 Å². The quantitative estimate of drug-likeness (QED) is 0.739. The van der Waals surface area contributed by atoms with Crippen LogP contribution in [0.4, 0.5) is 0 Å². The van der Waals surface area contributed by atoms with Gasteiger partial charge in [0.25, 0.3) is 0 Å². The van der Waals surface area contributed by atoms with Gasteiger partial charge in [0, 0.05) is 43.6 Å². The molecule has 0 radical (unpaired) electrons. The zero-order valence-electron chi connectivity index (χ0n) is 13.0. The molecule has 0 saturated carbocycles. The lowest BCUT2D eigenvalue weighted by Crippen LogP contribution is -2.57. The van der Waals surface area contributed by atoms with E-state index < -0.39 is 5.91 Å². The number of primary amides is 1. The maximum atomic E-state index is 11.4. The van der Waals surface area contributed by atoms with Crippen molar-refractivity contribution in [3.05, 3.63) is 34.9 Å². The largest absolute Gasteiger partial charge is 0.379 e. The number of carbonyl (C=O) groups excluding carboxylic acids is 1. The van der Waals surface area contributed by atoms with E-state index in [1.165, 1.54) is 5.56 Å². The second-order valence-corrected chi connectivity index (χ2v) is 6.16. The first-order valence-electron chi connectivity index (χ1n) is 7.31. The Hall–Kier alpha value is -1.43. The van der Waals surface area contributed by atoms with Gasteiger partial charge in [0.05, 0.1) is 6.10 Å². The van der Waals surface area contributed by atoms with Crippen LogP contribution < -0.4 is 16.8 Å². The zero-order chi connectivity index (χ0) is 15.6. The topological polar surface area (TPSA) is 90.4 Å². The molecule has 0 saturated heterocycles. The van der Waals surface area contributed by atoms with Gasteiger partial charge in [-0.3, -0.25) is 4.79 Å². The number of fused-ring (bicyclic) bond motifs is 1. The molecule has 0 fully saturated rings. The number of nitrogens with two attached hydrogens (primary N) is 2. The van der Waals surface area contributed by atoms with Crippen LogP contribution in [0.15, 0.2) is 18.2 Å². The van der Waals surface area contributed by atoms with Gasteiger partial charge in [-0.05, 0) is 23.3 Å². The van der Waals surface area contributed by atoms with E-state index >= 15 is 0 Å². The van der Waals surface area contributed by atoms with Crippen molar-refractivity contribution in [1.82, 2.24) is 5.32 Å². The Morgan fingerprint density at radius 2 is 2.19 bits per heavy atom. The predicted octanol–water partition coefficient (Wildman–Crippen LogP) is 0.551. The number of carbonyl (C=O) groups is 1. The summed E-state index contributed by atoms with van der Waals surface area (Å²) in [6, 6.07) is 5.84. The SMILES string of the molecule is CO[C@@H]1Cc2ccc(C(N)=O)cc2C(C)(C)[C@H]1NCCN. The molecule has 0 aliphatic heterocycles. The lowest BCUT2D eigenvalue weighted by molar-refractivity contribution is 0.0361. The van der Waals surface area contributed by atoms with Gasteiger partial charge in [0.15, 0.2) is 0 Å². The lowest BCUT2D eigenvalue weighted by atomic mass is 9.67. The summed E-state index contributed by atoms with van der Waals surface area (Å²) < 4.78 is 5.68. The molecule has 1 aliphatic rings. The van der Waals surface area contributed by atoms with E-state index in [0.717, 1.165) is 18.5 Å². The summed E-state index contributed by atoms with van der Waals surface area (Å²) in [5.74, 6) is -0.395. The Bertz CT molecular complexity index is 528. The van der Waals surface area contributed by atoms with Crippen LogP contribution in [0.5, 0.6) is 0 Å². The zero-order valence-corrected chi connectivity index (χ0v) is 13.0. The van der Waals surface area contributed by atoms with E-state index in [2.05, 4.69) is 19.2 Å². The fourth-order valence-electron chi connectivity index (χ4n) is 3.32. The number of benzene rings is 1. The summed E-state index contributed by atoms with van der Waals surface area (Å²) in [6.45, 7) is 5.64. The molecule has 0 heterocycles. The van der Waals surface area contributed by atoms with Gasteiger partial charge in [-0.15, -0.1) is 0 Å². The minimum atomic E-state index is -0.395. The Morgan fingerprint density at radius 3 is 2.76 bits per heavy atom. The first kappa shape index (κ1) is 15.9. The summed E-state index contributed by atoms with van der Waals surface area (Å²) in [5.41, 5.74) is 13.8. The average molecular weight is 291 g/mol. The Kier molecular flexibility index (Phi) is 4.66. The van der Waals surface area contributed by atoms with Crippen LogP contribution >= 0.6 is 0 Å². The molecule has 2 rings (SSSR count). The normalized spacial score (nSPS) is 23.6. The van der Waals surface area contributed by atoms with Crippen LogP contribution in [-0.2, 0) is 16.6 Å². The van der Waals surface area contributed by atoms with Crippen molar-refractivity contribution in [1.29, 1.82) is 0 Å². The van der Waals surface area contributed by atoms with Crippen LogP contribution in [0.1, 0.15) is 35.3 Å². The molecule has 5 nitrogen and oxygen atoms in total. The summed E-state index contributed by atoms with van der Waals surface area (Å²) in [7, 11) is 1.74. The second kappa shape index (κ2) is 6.13. The molecule has 5 N–H and O–H groups in total. The number of hydrogen-bond donors (Lipinski definition) is 3. The molecular weight excluding hydrogens is 266 g/mol. The third kappa shape index (κ3) is 2.95. The van der Waals surface area contributed by atoms with E-state index in [1.54, 1.807) is 13.2 Å². The first-order chi connectivity index (χ1) is 9.91. The highest BCUT2D eigenvalue weighted by Crippen LogP contribution is 2.38. The third-order valence-electron chi connectivity index (χ3n) is 4.47. The van der Waals surface area contributed by atoms with Crippen LogP contribution in [0, 0.1) is 0 Å². The molecular formula is C16H25N3O2. The van der Waals surface area contributed by atoms with Crippen LogP contribution in [0.2, 0.25) is 0 Å². The van der Waals surface area contributed by atoms with Crippen LogP contribution in [-0.4, -0.2) is 38.3 Å². The first-order valence-corrected chi connectivity index (χ1v) is 7.31. The maximum absolute atomic E-state index is 11.4. The number of nitrogens with one attached hydrogen (secondary N) is 1. The van der Waals surface area contributed by atoms with Gasteiger partial charge in [-0.1, -0.05) is 19.9 Å². The Labute approximate surface area is 126 Å². The summed E-state index contributed by atoms with van der Waals surface area (Å²) in [5, 5.41) is 3.49. The highest BCUT2D eigenvalue weighted by molar-refractivity contribution is 5.93. The van der Waals surface area contributed by atoms with E-state index in [4.69, 9.17) is 16.2 Å². The molecule has 116 valence electrons. The van der Waals surface area contributed by atoms with E-state index in [0.29, 0.717) is 12.1 Å². The van der Waals surface area contributed by atoms with Crippen LogP contribution in [0.25, 0.3) is 0 Å².